The van der Waals surface area contributed by atoms with Gasteiger partial charge < -0.3 is 20.1 Å². The molecule has 0 radical (unpaired) electrons. The average molecular weight is 330 g/mol. The molecule has 24 heavy (non-hydrogen) atoms. The van der Waals surface area contributed by atoms with Crippen LogP contribution in [0.25, 0.3) is 16.7 Å². The standard InChI is InChI=1S/C17H22N4O3/c1-10(17(2,3)23)20-16(22)12-8-18-15-14(12)21-13(9-19-15)11-4-6-24-7-5-11/h4,8-10,23H,5-7H2,1-3H3,(H,18,19)(H,20,22)/t10-/m1/s1. The smallest absolute Gasteiger partial charge is 0.255 e. The second-order valence-corrected chi connectivity index (χ2v) is 6.56. The number of aromatic amines is 1. The van der Waals surface area contributed by atoms with E-state index in [1.807, 2.05) is 6.08 Å². The van der Waals surface area contributed by atoms with Gasteiger partial charge in [0.2, 0.25) is 0 Å². The predicted octanol–water partition coefficient (Wildman–Crippen LogP) is 1.65. The third-order valence-corrected chi connectivity index (χ3v) is 4.33. The van der Waals surface area contributed by atoms with Gasteiger partial charge in [-0.25, -0.2) is 9.97 Å². The molecule has 0 saturated heterocycles. The van der Waals surface area contributed by atoms with Crippen molar-refractivity contribution < 1.29 is 14.6 Å². The molecule has 1 aliphatic rings. The highest BCUT2D eigenvalue weighted by atomic mass is 16.5. The minimum atomic E-state index is -1.01. The van der Waals surface area contributed by atoms with E-state index < -0.39 is 11.6 Å². The lowest BCUT2D eigenvalue weighted by atomic mass is 10.0. The first-order chi connectivity index (χ1) is 11.4. The van der Waals surface area contributed by atoms with Crippen molar-refractivity contribution in [3.8, 4) is 0 Å². The highest BCUT2D eigenvalue weighted by molar-refractivity contribution is 6.04. The fraction of sp³-hybridized carbons (Fsp3) is 0.471. The molecule has 0 aliphatic carbocycles. The fourth-order valence-electron chi connectivity index (χ4n) is 2.43. The van der Waals surface area contributed by atoms with E-state index in [4.69, 9.17) is 4.74 Å². The van der Waals surface area contributed by atoms with Crippen LogP contribution in [0.1, 0.15) is 43.2 Å². The maximum absolute atomic E-state index is 12.5. The Hall–Kier alpha value is -2.25. The van der Waals surface area contributed by atoms with Gasteiger partial charge in [-0.15, -0.1) is 0 Å². The van der Waals surface area contributed by atoms with Crippen molar-refractivity contribution in [1.82, 2.24) is 20.3 Å². The number of carbonyl (C=O) groups excluding carboxylic acids is 1. The third kappa shape index (κ3) is 3.32. The van der Waals surface area contributed by atoms with Gasteiger partial charge in [-0.2, -0.15) is 0 Å². The number of fused-ring (bicyclic) bond motifs is 1. The van der Waals surface area contributed by atoms with E-state index >= 15 is 0 Å². The number of nitrogens with zero attached hydrogens (tertiary/aromatic N) is 2. The van der Waals surface area contributed by atoms with Crippen molar-refractivity contribution >= 4 is 22.6 Å². The average Bonchev–Trinajstić information content (AvgIpc) is 2.97. The second-order valence-electron chi connectivity index (χ2n) is 6.56. The van der Waals surface area contributed by atoms with Crippen molar-refractivity contribution in [2.45, 2.75) is 38.8 Å². The van der Waals surface area contributed by atoms with Crippen LogP contribution in [0.4, 0.5) is 0 Å². The Morgan fingerprint density at radius 2 is 2.29 bits per heavy atom. The first kappa shape index (κ1) is 16.6. The maximum Gasteiger partial charge on any atom is 0.255 e. The van der Waals surface area contributed by atoms with Crippen LogP contribution in [-0.2, 0) is 4.74 Å². The summed E-state index contributed by atoms with van der Waals surface area (Å²) in [7, 11) is 0. The molecule has 2 aromatic heterocycles. The topological polar surface area (TPSA) is 100 Å². The number of amides is 1. The van der Waals surface area contributed by atoms with Crippen LogP contribution in [0.15, 0.2) is 18.5 Å². The van der Waals surface area contributed by atoms with E-state index in [2.05, 4.69) is 20.3 Å². The molecule has 1 atom stereocenters. The number of nitrogens with one attached hydrogen (secondary N) is 2. The minimum absolute atomic E-state index is 0.289. The Balaban J connectivity index is 1.91. The second kappa shape index (κ2) is 6.33. The molecule has 7 heteroatoms. The zero-order valence-electron chi connectivity index (χ0n) is 14.1. The first-order valence-corrected chi connectivity index (χ1v) is 8.01. The summed E-state index contributed by atoms with van der Waals surface area (Å²) in [5.74, 6) is -0.289. The Morgan fingerprint density at radius 3 is 2.96 bits per heavy atom. The molecular weight excluding hydrogens is 308 g/mol. The van der Waals surface area contributed by atoms with E-state index in [1.54, 1.807) is 33.2 Å². The van der Waals surface area contributed by atoms with Crippen LogP contribution < -0.4 is 5.32 Å². The Kier molecular flexibility index (Phi) is 4.38. The molecule has 3 N–H and O–H groups in total. The maximum atomic E-state index is 12.5. The van der Waals surface area contributed by atoms with Gasteiger partial charge in [0, 0.05) is 6.20 Å². The highest BCUT2D eigenvalue weighted by Gasteiger charge is 2.25. The molecule has 0 aromatic carbocycles. The Morgan fingerprint density at radius 1 is 1.50 bits per heavy atom. The molecule has 2 aromatic rings. The number of ether oxygens (including phenoxy) is 1. The molecule has 1 amide bonds. The van der Waals surface area contributed by atoms with Crippen molar-refractivity contribution in [3.05, 3.63) is 29.7 Å². The summed E-state index contributed by atoms with van der Waals surface area (Å²) in [6.45, 7) is 6.30. The van der Waals surface area contributed by atoms with Gasteiger partial charge in [0.25, 0.3) is 5.91 Å². The van der Waals surface area contributed by atoms with Crippen LogP contribution in [0, 0.1) is 0 Å². The van der Waals surface area contributed by atoms with Crippen LogP contribution in [0.3, 0.4) is 0 Å². The zero-order valence-corrected chi connectivity index (χ0v) is 14.1. The van der Waals surface area contributed by atoms with Gasteiger partial charge >= 0.3 is 0 Å². The Labute approximate surface area is 140 Å². The van der Waals surface area contributed by atoms with Crippen molar-refractivity contribution in [2.24, 2.45) is 0 Å². The third-order valence-electron chi connectivity index (χ3n) is 4.33. The molecule has 7 nitrogen and oxygen atoms in total. The summed E-state index contributed by atoms with van der Waals surface area (Å²) in [6, 6.07) is -0.399. The van der Waals surface area contributed by atoms with Gasteiger partial charge in [-0.3, -0.25) is 4.79 Å². The number of aromatic nitrogens is 3. The molecule has 3 heterocycles. The monoisotopic (exact) mass is 330 g/mol. The first-order valence-electron chi connectivity index (χ1n) is 8.01. The molecule has 0 unspecified atom stereocenters. The Bertz CT molecular complexity index is 789. The molecule has 0 saturated carbocycles. The highest BCUT2D eigenvalue weighted by Crippen LogP contribution is 2.22. The molecule has 128 valence electrons. The summed E-state index contributed by atoms with van der Waals surface area (Å²) >= 11 is 0. The van der Waals surface area contributed by atoms with Gasteiger partial charge in [-0.05, 0) is 32.8 Å². The molecule has 0 bridgehead atoms. The van der Waals surface area contributed by atoms with Crippen LogP contribution in [0.5, 0.6) is 0 Å². The summed E-state index contributed by atoms with van der Waals surface area (Å²) in [6.07, 6.45) is 6.07. The van der Waals surface area contributed by atoms with Crippen LogP contribution in [-0.4, -0.2) is 50.8 Å². The van der Waals surface area contributed by atoms with E-state index in [-0.39, 0.29) is 5.91 Å². The number of carbonyl (C=O) groups is 1. The normalized spacial score (nSPS) is 16.8. The number of hydrogen-bond acceptors (Lipinski definition) is 5. The molecular formula is C17H22N4O3. The largest absolute Gasteiger partial charge is 0.388 e. The number of aliphatic hydroxyl groups is 1. The van der Waals surface area contributed by atoms with E-state index in [0.717, 1.165) is 17.7 Å². The quantitative estimate of drug-likeness (QED) is 0.791. The van der Waals surface area contributed by atoms with Gasteiger partial charge in [0.15, 0.2) is 5.65 Å². The van der Waals surface area contributed by atoms with E-state index in [0.29, 0.717) is 29.9 Å². The fourth-order valence-corrected chi connectivity index (χ4v) is 2.43. The van der Waals surface area contributed by atoms with Gasteiger partial charge in [-0.1, -0.05) is 6.08 Å². The summed E-state index contributed by atoms with van der Waals surface area (Å²) in [5, 5.41) is 12.8. The molecule has 0 fully saturated rings. The van der Waals surface area contributed by atoms with Crippen LogP contribution >= 0.6 is 0 Å². The zero-order chi connectivity index (χ0) is 17.3. The number of hydrogen-bond donors (Lipinski definition) is 3. The van der Waals surface area contributed by atoms with Gasteiger partial charge in [0.05, 0.1) is 42.3 Å². The van der Waals surface area contributed by atoms with Crippen molar-refractivity contribution in [1.29, 1.82) is 0 Å². The number of rotatable bonds is 4. The molecule has 3 rings (SSSR count). The lowest BCUT2D eigenvalue weighted by Crippen LogP contribution is -2.47. The predicted molar refractivity (Wildman–Crippen MR) is 90.5 cm³/mol. The molecule has 0 spiro atoms. The summed E-state index contributed by atoms with van der Waals surface area (Å²) < 4.78 is 5.31. The lowest BCUT2D eigenvalue weighted by Gasteiger charge is -2.26. The van der Waals surface area contributed by atoms with Crippen molar-refractivity contribution in [3.63, 3.8) is 0 Å². The summed E-state index contributed by atoms with van der Waals surface area (Å²) in [5.41, 5.74) is 2.34. The van der Waals surface area contributed by atoms with Gasteiger partial charge in [0.1, 0.15) is 5.52 Å². The SMILES string of the molecule is C[C@@H](NC(=O)c1c[nH]c2ncc(C3=CCOCC3)nc12)C(C)(C)O. The molecule has 1 aliphatic heterocycles. The van der Waals surface area contributed by atoms with E-state index in [9.17, 15) is 9.90 Å². The van der Waals surface area contributed by atoms with Crippen LogP contribution in [0.2, 0.25) is 0 Å². The lowest BCUT2D eigenvalue weighted by molar-refractivity contribution is 0.0409. The minimum Gasteiger partial charge on any atom is -0.388 e. The summed E-state index contributed by atoms with van der Waals surface area (Å²) in [4.78, 5) is 24.5. The van der Waals surface area contributed by atoms with Crippen molar-refractivity contribution in [2.75, 3.05) is 13.2 Å². The number of H-pyrrole nitrogens is 1. The van der Waals surface area contributed by atoms with E-state index in [1.165, 1.54) is 0 Å².